The fraction of sp³-hybridized carbons (Fsp3) is 0.240. The number of methoxy groups -OCH3 is 2. The number of carbonyl (C=O) groups is 6. The number of thioether (sulfide) groups is 2. The van der Waals surface area contributed by atoms with Gasteiger partial charge in [-0.25, -0.2) is 43.3 Å². The second kappa shape index (κ2) is 26.6. The molecular formula is C50H52N32O8S2. The van der Waals surface area contributed by atoms with Gasteiger partial charge in [-0.1, -0.05) is 0 Å². The molecule has 0 amide bonds. The Balaban J connectivity index is 0.000000218. The number of esters is 2. The lowest BCUT2D eigenvalue weighted by Crippen LogP contribution is -2.10. The summed E-state index contributed by atoms with van der Waals surface area (Å²) in [5.74, 6) is -1.12. The highest BCUT2D eigenvalue weighted by atomic mass is 32.2. The number of anilines is 4. The summed E-state index contributed by atoms with van der Waals surface area (Å²) in [5.41, 5.74) is 28.4. The molecule has 0 aliphatic carbocycles. The molecule has 10 heterocycles. The maximum atomic E-state index is 12.4. The van der Waals surface area contributed by atoms with Gasteiger partial charge in [-0.3, -0.25) is 19.2 Å². The van der Waals surface area contributed by atoms with Crippen LogP contribution in [0.25, 0.3) is 23.4 Å². The number of hydrogen-bond acceptors (Lipinski definition) is 34. The van der Waals surface area contributed by atoms with Crippen molar-refractivity contribution in [2.24, 2.45) is 69.1 Å². The first kappa shape index (κ1) is 64.2. The quantitative estimate of drug-likeness (QED) is 0.0179. The molecule has 0 fully saturated rings. The first-order valence-corrected chi connectivity index (χ1v) is 28.6. The summed E-state index contributed by atoms with van der Waals surface area (Å²) >= 11 is 2.46. The van der Waals surface area contributed by atoms with Crippen molar-refractivity contribution in [3.05, 3.63) is 82.1 Å². The molecular weight excluding hydrogens is 1240 g/mol. The lowest BCUT2D eigenvalue weighted by atomic mass is 10.2. The first-order chi connectivity index (χ1) is 44.0. The maximum absolute atomic E-state index is 12.4. The molecule has 0 aliphatic heterocycles. The Kier molecular flexibility index (Phi) is 18.6. The molecule has 10 aromatic heterocycles. The van der Waals surface area contributed by atoms with E-state index in [4.69, 9.17) is 32.4 Å². The molecule has 8 N–H and O–H groups in total. The number of nitrogen functional groups attached to an aromatic ring is 4. The summed E-state index contributed by atoms with van der Waals surface area (Å²) in [5, 5.41) is 68.6. The summed E-state index contributed by atoms with van der Waals surface area (Å²) < 4.78 is 20.3. The molecule has 42 heteroatoms. The third-order valence-corrected chi connectivity index (χ3v) is 14.4. The molecule has 0 aliphatic rings. The third kappa shape index (κ3) is 12.2. The molecule has 0 unspecified atom stereocenters. The van der Waals surface area contributed by atoms with Crippen molar-refractivity contribution in [1.29, 1.82) is 0 Å². The molecule has 40 nitrogen and oxygen atoms in total. The van der Waals surface area contributed by atoms with Crippen molar-refractivity contribution in [3.8, 4) is 23.4 Å². The highest BCUT2D eigenvalue weighted by Crippen LogP contribution is 2.38. The average Bonchev–Trinajstić information content (AvgIpc) is 1.69. The van der Waals surface area contributed by atoms with Crippen molar-refractivity contribution < 1.29 is 38.2 Å². The van der Waals surface area contributed by atoms with Crippen LogP contribution in [0.2, 0.25) is 0 Å². The van der Waals surface area contributed by atoms with Crippen LogP contribution in [0.5, 0.6) is 0 Å². The molecule has 0 saturated carbocycles. The topological polar surface area (TPSA) is 518 Å². The van der Waals surface area contributed by atoms with Crippen molar-refractivity contribution in [2.45, 2.75) is 37.7 Å². The Morgan fingerprint density at radius 2 is 0.891 bits per heavy atom. The lowest BCUT2D eigenvalue weighted by Gasteiger charge is -2.06. The summed E-state index contributed by atoms with van der Waals surface area (Å²) in [6.07, 6.45) is 9.14. The molecule has 10 aromatic rings. The van der Waals surface area contributed by atoms with Gasteiger partial charge in [0.25, 0.3) is 5.95 Å². The zero-order valence-corrected chi connectivity index (χ0v) is 52.2. The second-order valence-corrected chi connectivity index (χ2v) is 20.4. The Bertz CT molecular complexity index is 4720. The van der Waals surface area contributed by atoms with Crippen molar-refractivity contribution in [1.82, 2.24) is 98.2 Å². The van der Waals surface area contributed by atoms with Gasteiger partial charge in [0.05, 0.1) is 55.0 Å². The predicted octanol–water partition coefficient (Wildman–Crippen LogP) is 5.63. The van der Waals surface area contributed by atoms with E-state index in [-0.39, 0.29) is 128 Å². The number of ether oxygens (including phenoxy) is 2. The second-order valence-electron chi connectivity index (χ2n) is 18.8. The monoisotopic (exact) mass is 1290 g/mol. The van der Waals surface area contributed by atoms with E-state index < -0.39 is 23.5 Å². The van der Waals surface area contributed by atoms with Crippen LogP contribution in [0.1, 0.15) is 64.2 Å². The van der Waals surface area contributed by atoms with E-state index in [1.54, 1.807) is 80.5 Å². The minimum atomic E-state index is -0.790. The minimum Gasteiger partial charge on any atom is -0.465 e. The van der Waals surface area contributed by atoms with Gasteiger partial charge in [0.2, 0.25) is 11.6 Å². The van der Waals surface area contributed by atoms with Gasteiger partial charge < -0.3 is 32.4 Å². The van der Waals surface area contributed by atoms with E-state index in [9.17, 15) is 28.8 Å². The summed E-state index contributed by atoms with van der Waals surface area (Å²) in [4.78, 5) is 88.3. The lowest BCUT2D eigenvalue weighted by molar-refractivity contribution is -0.105. The number of azo groups is 4. The van der Waals surface area contributed by atoms with Gasteiger partial charge in [0, 0.05) is 46.5 Å². The Morgan fingerprint density at radius 3 is 1.35 bits per heavy atom. The predicted molar refractivity (Wildman–Crippen MR) is 326 cm³/mol. The summed E-state index contributed by atoms with van der Waals surface area (Å²) in [7, 11) is 8.87. The number of aldehydes is 2. The van der Waals surface area contributed by atoms with Crippen LogP contribution in [0.15, 0.2) is 88.0 Å². The minimum absolute atomic E-state index is 0.00876. The number of carbonyl (C=O) groups excluding carboxylic acids is 6. The van der Waals surface area contributed by atoms with Gasteiger partial charge in [0.15, 0.2) is 99.3 Å². The highest BCUT2D eigenvalue weighted by molar-refractivity contribution is 7.98. The number of aryl methyl sites for hydroxylation is 8. The highest BCUT2D eigenvalue weighted by Gasteiger charge is 2.27. The average molecular weight is 1290 g/mol. The van der Waals surface area contributed by atoms with Crippen LogP contribution in [0, 0.1) is 27.7 Å². The number of Topliss-reactive ketones (excluding diaryl/α,β-unsaturated/α-hetero) is 2. The van der Waals surface area contributed by atoms with E-state index in [1.807, 2.05) is 0 Å². The summed E-state index contributed by atoms with van der Waals surface area (Å²) in [6.45, 7) is 6.67. The van der Waals surface area contributed by atoms with Gasteiger partial charge in [-0.05, 0) is 40.2 Å². The molecule has 10 rings (SSSR count). The molecule has 0 radical (unpaired) electrons. The van der Waals surface area contributed by atoms with E-state index in [0.717, 1.165) is 0 Å². The van der Waals surface area contributed by atoms with Crippen LogP contribution in [-0.2, 0) is 47.3 Å². The normalized spacial score (nSPS) is 11.6. The molecule has 472 valence electrons. The molecule has 0 saturated heterocycles. The zero-order valence-electron chi connectivity index (χ0n) is 50.5. The number of hydrogen-bond donors (Lipinski definition) is 4. The van der Waals surface area contributed by atoms with E-state index >= 15 is 0 Å². The standard InChI is InChI=1S/C26H28N16O4S2.C24H24N16O4/c1-11-18(31-33-22-16(13(44)9-43)24(47-6)37-39(22)3)20(27)41(35-11)14-8-15(30-10-29-14)42-21(28)19(12(2)36-42)32-34-23-17(26(45)46-5)25(48-7)38-40(23)4;1-11-17(31-33-21-13(15(42)10-41)8-28-37(21)3)19(25)39(35-11)16-6-7-27-24(30-16)40-20(26)18(12(2)36-40)32-34-22-14(23(43)44-5)9-29-38(22)4/h8-10H,27-28H2,1-7H3;6-10H,25-26H2,1-5H3. The van der Waals surface area contributed by atoms with Gasteiger partial charge in [-0.2, -0.15) is 64.5 Å². The van der Waals surface area contributed by atoms with E-state index in [1.165, 1.54) is 100 Å². The molecule has 0 aromatic carbocycles. The third-order valence-electron chi connectivity index (χ3n) is 13.0. The van der Waals surface area contributed by atoms with Crippen LogP contribution < -0.4 is 22.9 Å². The number of rotatable bonds is 20. The fourth-order valence-electron chi connectivity index (χ4n) is 8.48. The largest absolute Gasteiger partial charge is 0.465 e. The SMILES string of the molecule is COC(=O)c1c(SC)nn(C)c1N=Nc1c(C)nn(-c2cc(-n3nc(C)c(N=Nc4c(C(=O)C=O)c(SC)nn4C)c3N)ncn2)c1N.COC(=O)c1cnn(C)c1N=Nc1c(C)nn(-c2nccc(-n3nc(C)c(N=Nc4c(C(=O)C=O)cnn4C)c3N)n2)c1N. The fourth-order valence-corrected chi connectivity index (χ4v) is 9.66. The number of nitrogens with two attached hydrogens (primary N) is 4. The Labute approximate surface area is 525 Å². The first-order valence-electron chi connectivity index (χ1n) is 26.2. The zero-order chi connectivity index (χ0) is 66.6. The van der Waals surface area contributed by atoms with Crippen molar-refractivity contribution >= 4 is 129 Å². The van der Waals surface area contributed by atoms with Crippen molar-refractivity contribution in [2.75, 3.05) is 49.7 Å². The molecule has 0 bridgehead atoms. The van der Waals surface area contributed by atoms with E-state index in [2.05, 4.69) is 102 Å². The Morgan fingerprint density at radius 1 is 0.489 bits per heavy atom. The van der Waals surface area contributed by atoms with E-state index in [0.29, 0.717) is 32.8 Å². The summed E-state index contributed by atoms with van der Waals surface area (Å²) in [6, 6.07) is 3.10. The van der Waals surface area contributed by atoms with Gasteiger partial charge in [-0.15, -0.1) is 64.4 Å². The van der Waals surface area contributed by atoms with Crippen LogP contribution in [-0.4, -0.2) is 161 Å². The molecule has 92 heavy (non-hydrogen) atoms. The molecule has 0 atom stereocenters. The smallest absolute Gasteiger partial charge is 0.344 e. The van der Waals surface area contributed by atoms with Crippen molar-refractivity contribution in [3.63, 3.8) is 0 Å². The Hall–Kier alpha value is -12.2. The number of nitrogens with zero attached hydrogens (tertiary/aromatic N) is 28. The number of aromatic nitrogens is 20. The number of ketones is 2. The van der Waals surface area contributed by atoms with Gasteiger partial charge in [0.1, 0.15) is 33.1 Å². The maximum Gasteiger partial charge on any atom is 0.344 e. The molecule has 0 spiro atoms. The van der Waals surface area contributed by atoms with Gasteiger partial charge >= 0.3 is 11.9 Å². The van der Waals surface area contributed by atoms with Crippen LogP contribution in [0.3, 0.4) is 0 Å². The van der Waals surface area contributed by atoms with Crippen LogP contribution >= 0.6 is 23.5 Å². The van der Waals surface area contributed by atoms with Crippen LogP contribution in [0.4, 0.5) is 69.3 Å².